The Bertz CT molecular complexity index is 118. The Morgan fingerprint density at radius 3 is 2.80 bits per heavy atom. The van der Waals surface area contributed by atoms with Crippen LogP contribution in [0.3, 0.4) is 0 Å². The van der Waals surface area contributed by atoms with E-state index in [0.717, 1.165) is 26.1 Å². The number of hydrogen-bond acceptors (Lipinski definition) is 2. The molecule has 2 nitrogen and oxygen atoms in total. The molecule has 1 aliphatic heterocycles. The number of ether oxygens (including phenoxy) is 1. The zero-order valence-electron chi connectivity index (χ0n) is 6.52. The second-order valence-corrected chi connectivity index (χ2v) is 2.86. The molecular weight excluding hydrogens is 126 g/mol. The van der Waals surface area contributed by atoms with Crippen LogP contribution in [0.25, 0.3) is 0 Å². The van der Waals surface area contributed by atoms with Crippen LogP contribution in [0.15, 0.2) is 12.2 Å². The molecule has 1 fully saturated rings. The quantitative estimate of drug-likeness (QED) is 0.588. The molecule has 58 valence electrons. The zero-order chi connectivity index (χ0) is 7.40. The van der Waals surface area contributed by atoms with Gasteiger partial charge in [0, 0.05) is 13.1 Å². The lowest BCUT2D eigenvalue weighted by Gasteiger charge is -2.27. The lowest BCUT2D eigenvalue weighted by Crippen LogP contribution is -2.48. The van der Waals surface area contributed by atoms with Crippen LogP contribution in [-0.4, -0.2) is 25.8 Å². The van der Waals surface area contributed by atoms with Crippen LogP contribution >= 0.6 is 0 Å². The van der Waals surface area contributed by atoms with Gasteiger partial charge in [0.05, 0.1) is 12.7 Å². The highest BCUT2D eigenvalue weighted by Crippen LogP contribution is 2.01. The molecule has 0 unspecified atom stereocenters. The monoisotopic (exact) mass is 141 g/mol. The highest BCUT2D eigenvalue weighted by atomic mass is 16.5. The Hall–Kier alpha value is -0.340. The van der Waals surface area contributed by atoms with Crippen molar-refractivity contribution in [2.45, 2.75) is 19.4 Å². The highest BCUT2D eigenvalue weighted by molar-refractivity contribution is 4.87. The summed E-state index contributed by atoms with van der Waals surface area (Å²) in [6, 6.07) is 0. The molecule has 0 amide bonds. The first-order chi connectivity index (χ1) is 4.79. The largest absolute Gasteiger partial charge is 0.375 e. The van der Waals surface area contributed by atoms with Crippen LogP contribution in [0.5, 0.6) is 0 Å². The van der Waals surface area contributed by atoms with Crippen molar-refractivity contribution in [3.05, 3.63) is 12.2 Å². The van der Waals surface area contributed by atoms with E-state index in [1.54, 1.807) is 0 Å². The first kappa shape index (κ1) is 7.76. The molecular formula is C8H15NO. The summed E-state index contributed by atoms with van der Waals surface area (Å²) in [5.74, 6) is 0. The molecule has 0 radical (unpaired) electrons. The highest BCUT2D eigenvalue weighted by Gasteiger charge is 2.15. The molecule has 0 aromatic heterocycles. The minimum Gasteiger partial charge on any atom is -0.375 e. The van der Waals surface area contributed by atoms with Gasteiger partial charge in [0.25, 0.3) is 0 Å². The number of hydrogen-bond donors (Lipinski definition) is 1. The maximum absolute atomic E-state index is 5.47. The normalized spacial score (nSPS) is 18.5. The molecule has 1 heterocycles. The molecule has 0 aromatic carbocycles. The van der Waals surface area contributed by atoms with Crippen LogP contribution in [0.2, 0.25) is 0 Å². The van der Waals surface area contributed by atoms with Gasteiger partial charge >= 0.3 is 0 Å². The van der Waals surface area contributed by atoms with Gasteiger partial charge in [0.15, 0.2) is 0 Å². The minimum atomic E-state index is 0.472. The Morgan fingerprint density at radius 1 is 1.70 bits per heavy atom. The van der Waals surface area contributed by atoms with E-state index in [0.29, 0.717) is 6.10 Å². The molecule has 1 saturated heterocycles. The van der Waals surface area contributed by atoms with Crippen molar-refractivity contribution in [1.82, 2.24) is 5.32 Å². The molecule has 1 rings (SSSR count). The average Bonchev–Trinajstić information content (AvgIpc) is 1.75. The van der Waals surface area contributed by atoms with E-state index in [1.165, 1.54) is 5.57 Å². The van der Waals surface area contributed by atoms with Gasteiger partial charge in [-0.05, 0) is 13.3 Å². The van der Waals surface area contributed by atoms with Gasteiger partial charge in [-0.15, -0.1) is 6.58 Å². The Morgan fingerprint density at radius 2 is 2.40 bits per heavy atom. The first-order valence-corrected chi connectivity index (χ1v) is 3.76. The van der Waals surface area contributed by atoms with Crippen molar-refractivity contribution in [3.63, 3.8) is 0 Å². The summed E-state index contributed by atoms with van der Waals surface area (Å²) in [4.78, 5) is 0. The van der Waals surface area contributed by atoms with E-state index in [-0.39, 0.29) is 0 Å². The van der Waals surface area contributed by atoms with E-state index >= 15 is 0 Å². The molecule has 0 atom stereocenters. The number of rotatable bonds is 4. The third-order valence-electron chi connectivity index (χ3n) is 1.63. The van der Waals surface area contributed by atoms with Crippen molar-refractivity contribution in [2.24, 2.45) is 0 Å². The molecule has 0 saturated carbocycles. The van der Waals surface area contributed by atoms with Gasteiger partial charge in [-0.25, -0.2) is 0 Å². The molecule has 2 heteroatoms. The van der Waals surface area contributed by atoms with Gasteiger partial charge in [0.1, 0.15) is 0 Å². The SMILES string of the molecule is C=C(C)CCOC1CNC1. The van der Waals surface area contributed by atoms with Crippen molar-refractivity contribution >= 4 is 0 Å². The van der Waals surface area contributed by atoms with Gasteiger partial charge in [-0.2, -0.15) is 0 Å². The summed E-state index contributed by atoms with van der Waals surface area (Å²) >= 11 is 0. The van der Waals surface area contributed by atoms with Crippen molar-refractivity contribution < 1.29 is 4.74 Å². The second kappa shape index (κ2) is 3.74. The minimum absolute atomic E-state index is 0.472. The summed E-state index contributed by atoms with van der Waals surface area (Å²) in [7, 11) is 0. The lowest BCUT2D eigenvalue weighted by molar-refractivity contribution is 0.0208. The van der Waals surface area contributed by atoms with Crippen molar-refractivity contribution in [1.29, 1.82) is 0 Å². The third kappa shape index (κ3) is 2.50. The van der Waals surface area contributed by atoms with Gasteiger partial charge in [-0.3, -0.25) is 0 Å². The van der Waals surface area contributed by atoms with Crippen LogP contribution in [0.4, 0.5) is 0 Å². The predicted molar refractivity (Wildman–Crippen MR) is 42.0 cm³/mol. The maximum atomic E-state index is 5.47. The maximum Gasteiger partial charge on any atom is 0.0823 e. The van der Waals surface area contributed by atoms with Crippen LogP contribution in [-0.2, 0) is 4.74 Å². The van der Waals surface area contributed by atoms with Gasteiger partial charge in [0.2, 0.25) is 0 Å². The Balaban J connectivity index is 1.89. The molecule has 0 aliphatic carbocycles. The van der Waals surface area contributed by atoms with E-state index in [2.05, 4.69) is 11.9 Å². The average molecular weight is 141 g/mol. The summed E-state index contributed by atoms with van der Waals surface area (Å²) in [5, 5.41) is 3.15. The Kier molecular flexibility index (Phi) is 2.90. The van der Waals surface area contributed by atoms with Gasteiger partial charge in [-0.1, -0.05) is 5.57 Å². The van der Waals surface area contributed by atoms with E-state index in [9.17, 15) is 0 Å². The van der Waals surface area contributed by atoms with Gasteiger partial charge < -0.3 is 10.1 Å². The zero-order valence-corrected chi connectivity index (χ0v) is 6.52. The van der Waals surface area contributed by atoms with Crippen molar-refractivity contribution in [2.75, 3.05) is 19.7 Å². The fourth-order valence-electron chi connectivity index (χ4n) is 0.780. The lowest BCUT2D eigenvalue weighted by atomic mass is 10.2. The molecule has 10 heavy (non-hydrogen) atoms. The van der Waals surface area contributed by atoms with E-state index in [1.807, 2.05) is 6.92 Å². The van der Waals surface area contributed by atoms with E-state index < -0.39 is 0 Å². The first-order valence-electron chi connectivity index (χ1n) is 3.76. The molecule has 0 aromatic rings. The third-order valence-corrected chi connectivity index (χ3v) is 1.63. The summed E-state index contributed by atoms with van der Waals surface area (Å²) in [6.45, 7) is 8.71. The predicted octanol–water partition coefficient (Wildman–Crippen LogP) is 0.941. The number of nitrogens with one attached hydrogen (secondary N) is 1. The summed E-state index contributed by atoms with van der Waals surface area (Å²) < 4.78 is 5.47. The molecule has 0 spiro atoms. The van der Waals surface area contributed by atoms with E-state index in [4.69, 9.17) is 4.74 Å². The Labute approximate surface area is 62.3 Å². The summed E-state index contributed by atoms with van der Waals surface area (Å²) in [6.07, 6.45) is 1.47. The van der Waals surface area contributed by atoms with Crippen LogP contribution in [0, 0.1) is 0 Å². The van der Waals surface area contributed by atoms with Crippen LogP contribution < -0.4 is 5.32 Å². The summed E-state index contributed by atoms with van der Waals surface area (Å²) in [5.41, 5.74) is 1.20. The second-order valence-electron chi connectivity index (χ2n) is 2.86. The molecule has 1 aliphatic rings. The van der Waals surface area contributed by atoms with Crippen LogP contribution in [0.1, 0.15) is 13.3 Å². The smallest absolute Gasteiger partial charge is 0.0823 e. The standard InChI is InChI=1S/C8H15NO/c1-7(2)3-4-10-8-5-9-6-8/h8-9H,1,3-6H2,2H3. The fourth-order valence-corrected chi connectivity index (χ4v) is 0.780. The topological polar surface area (TPSA) is 21.3 Å². The molecule has 1 N–H and O–H groups in total. The fraction of sp³-hybridized carbons (Fsp3) is 0.750. The van der Waals surface area contributed by atoms with Crippen molar-refractivity contribution in [3.8, 4) is 0 Å². The molecule has 0 bridgehead atoms.